The molecule has 0 aliphatic rings. The fourth-order valence-corrected chi connectivity index (χ4v) is 2.40. The van der Waals surface area contributed by atoms with E-state index in [1.165, 1.54) is 6.20 Å². The van der Waals surface area contributed by atoms with E-state index in [0.29, 0.717) is 28.3 Å². The van der Waals surface area contributed by atoms with Gasteiger partial charge in [0.1, 0.15) is 5.82 Å². The van der Waals surface area contributed by atoms with E-state index in [0.717, 1.165) is 11.3 Å². The van der Waals surface area contributed by atoms with Gasteiger partial charge in [0, 0.05) is 18.4 Å². The SMILES string of the molecule is Cc1cc(Cl)c(C(=O)NCc2cc(C)c(F)c(C)c2)cn1. The van der Waals surface area contributed by atoms with Gasteiger partial charge in [-0.1, -0.05) is 23.7 Å². The summed E-state index contributed by atoms with van der Waals surface area (Å²) in [6.45, 7) is 5.52. The Hall–Kier alpha value is -1.94. The average Bonchev–Trinajstić information content (AvgIpc) is 2.42. The molecule has 3 nitrogen and oxygen atoms in total. The summed E-state index contributed by atoms with van der Waals surface area (Å²) in [4.78, 5) is 16.1. The number of benzene rings is 1. The van der Waals surface area contributed by atoms with Crippen molar-refractivity contribution in [2.45, 2.75) is 27.3 Å². The normalized spacial score (nSPS) is 10.5. The number of nitrogens with zero attached hydrogens (tertiary/aromatic N) is 1. The van der Waals surface area contributed by atoms with Gasteiger partial charge in [-0.2, -0.15) is 0 Å². The first-order chi connectivity index (χ1) is 9.88. The molecular weight excluding hydrogens is 291 g/mol. The Morgan fingerprint density at radius 2 is 1.86 bits per heavy atom. The highest BCUT2D eigenvalue weighted by molar-refractivity contribution is 6.33. The Labute approximate surface area is 128 Å². The number of rotatable bonds is 3. The molecular formula is C16H16ClFN2O. The standard InChI is InChI=1S/C16H16ClFN2O/c1-9-4-12(5-10(2)15(9)18)7-20-16(21)13-8-19-11(3)6-14(13)17/h4-6,8H,7H2,1-3H3,(H,20,21). The van der Waals surface area contributed by atoms with Crippen LogP contribution in [0.3, 0.4) is 0 Å². The highest BCUT2D eigenvalue weighted by Gasteiger charge is 2.11. The zero-order valence-electron chi connectivity index (χ0n) is 12.1. The summed E-state index contributed by atoms with van der Waals surface area (Å²) in [5.74, 6) is -0.511. The van der Waals surface area contributed by atoms with Crippen LogP contribution in [0.1, 0.15) is 32.7 Å². The van der Waals surface area contributed by atoms with E-state index in [4.69, 9.17) is 11.6 Å². The molecule has 0 spiro atoms. The van der Waals surface area contributed by atoms with Crippen molar-refractivity contribution in [2.75, 3.05) is 0 Å². The molecule has 110 valence electrons. The average molecular weight is 307 g/mol. The van der Waals surface area contributed by atoms with Crippen LogP contribution < -0.4 is 5.32 Å². The van der Waals surface area contributed by atoms with Gasteiger partial charge in [0.2, 0.25) is 0 Å². The third kappa shape index (κ3) is 3.58. The van der Waals surface area contributed by atoms with Crippen molar-refractivity contribution < 1.29 is 9.18 Å². The van der Waals surface area contributed by atoms with Crippen molar-refractivity contribution >= 4 is 17.5 Å². The first-order valence-corrected chi connectivity index (χ1v) is 6.92. The Morgan fingerprint density at radius 3 is 2.43 bits per heavy atom. The topological polar surface area (TPSA) is 42.0 Å². The Balaban J connectivity index is 2.11. The van der Waals surface area contributed by atoms with Crippen molar-refractivity contribution in [3.8, 4) is 0 Å². The second-order valence-electron chi connectivity index (χ2n) is 5.03. The molecule has 0 aliphatic carbocycles. The third-order valence-corrected chi connectivity index (χ3v) is 3.50. The predicted molar refractivity (Wildman–Crippen MR) is 81.0 cm³/mol. The number of hydrogen-bond donors (Lipinski definition) is 1. The molecule has 0 saturated carbocycles. The molecule has 0 fully saturated rings. The lowest BCUT2D eigenvalue weighted by Crippen LogP contribution is -2.23. The van der Waals surface area contributed by atoms with Gasteiger partial charge in [0.15, 0.2) is 0 Å². The zero-order chi connectivity index (χ0) is 15.6. The van der Waals surface area contributed by atoms with Gasteiger partial charge in [0.05, 0.1) is 10.6 Å². The number of aryl methyl sites for hydroxylation is 3. The second-order valence-corrected chi connectivity index (χ2v) is 5.44. The van der Waals surface area contributed by atoms with Crippen LogP contribution in [0, 0.1) is 26.6 Å². The monoisotopic (exact) mass is 306 g/mol. The van der Waals surface area contributed by atoms with Crippen LogP contribution in [0.2, 0.25) is 5.02 Å². The molecule has 0 saturated heterocycles. The molecule has 0 atom stereocenters. The first-order valence-electron chi connectivity index (χ1n) is 6.54. The van der Waals surface area contributed by atoms with Gasteiger partial charge >= 0.3 is 0 Å². The van der Waals surface area contributed by atoms with Crippen molar-refractivity contribution in [2.24, 2.45) is 0 Å². The van der Waals surface area contributed by atoms with Gasteiger partial charge in [-0.05, 0) is 43.5 Å². The van der Waals surface area contributed by atoms with Crippen LogP contribution in [0.25, 0.3) is 0 Å². The minimum atomic E-state index is -0.299. The highest BCUT2D eigenvalue weighted by Crippen LogP contribution is 2.17. The molecule has 1 aromatic carbocycles. The number of nitrogens with one attached hydrogen (secondary N) is 1. The summed E-state index contributed by atoms with van der Waals surface area (Å²) >= 11 is 6.03. The molecule has 1 N–H and O–H groups in total. The van der Waals surface area contributed by atoms with Crippen LogP contribution >= 0.6 is 11.6 Å². The Bertz CT molecular complexity index is 678. The number of hydrogen-bond acceptors (Lipinski definition) is 2. The van der Waals surface area contributed by atoms with Gasteiger partial charge in [0.25, 0.3) is 5.91 Å². The summed E-state index contributed by atoms with van der Waals surface area (Å²) in [5, 5.41) is 3.13. The molecule has 5 heteroatoms. The molecule has 1 aromatic heterocycles. The van der Waals surface area contributed by atoms with E-state index >= 15 is 0 Å². The van der Waals surface area contributed by atoms with E-state index in [2.05, 4.69) is 10.3 Å². The van der Waals surface area contributed by atoms with E-state index in [-0.39, 0.29) is 11.7 Å². The second kappa shape index (κ2) is 6.22. The van der Waals surface area contributed by atoms with E-state index in [1.807, 2.05) is 0 Å². The number of pyridine rings is 1. The molecule has 0 aliphatic heterocycles. The van der Waals surface area contributed by atoms with Gasteiger partial charge in [-0.15, -0.1) is 0 Å². The Morgan fingerprint density at radius 1 is 1.24 bits per heavy atom. The molecule has 2 rings (SSSR count). The summed E-state index contributed by atoms with van der Waals surface area (Å²) < 4.78 is 13.6. The zero-order valence-corrected chi connectivity index (χ0v) is 12.9. The predicted octanol–water partition coefficient (Wildman–Crippen LogP) is 3.73. The maximum Gasteiger partial charge on any atom is 0.254 e. The van der Waals surface area contributed by atoms with Crippen molar-refractivity contribution in [3.05, 3.63) is 63.2 Å². The van der Waals surface area contributed by atoms with Crippen LogP contribution in [-0.2, 0) is 6.54 Å². The summed E-state index contributed by atoms with van der Waals surface area (Å²) in [6.07, 6.45) is 1.45. The number of carbonyl (C=O) groups is 1. The van der Waals surface area contributed by atoms with Gasteiger partial charge < -0.3 is 5.32 Å². The Kier molecular flexibility index (Phi) is 4.58. The number of aromatic nitrogens is 1. The molecule has 2 aromatic rings. The number of halogens is 2. The first kappa shape index (κ1) is 15.4. The summed E-state index contributed by atoms with van der Waals surface area (Å²) in [6, 6.07) is 5.08. The highest BCUT2D eigenvalue weighted by atomic mass is 35.5. The lowest BCUT2D eigenvalue weighted by atomic mass is 10.1. The van der Waals surface area contributed by atoms with Crippen LogP contribution in [0.5, 0.6) is 0 Å². The molecule has 0 unspecified atom stereocenters. The fourth-order valence-electron chi connectivity index (χ4n) is 2.11. The van der Waals surface area contributed by atoms with Crippen LogP contribution in [0.15, 0.2) is 24.4 Å². The van der Waals surface area contributed by atoms with Crippen molar-refractivity contribution in [1.82, 2.24) is 10.3 Å². The van der Waals surface area contributed by atoms with Crippen LogP contribution in [-0.4, -0.2) is 10.9 Å². The third-order valence-electron chi connectivity index (χ3n) is 3.18. The lowest BCUT2D eigenvalue weighted by molar-refractivity contribution is 0.0950. The van der Waals surface area contributed by atoms with E-state index in [1.54, 1.807) is 39.0 Å². The minimum Gasteiger partial charge on any atom is -0.348 e. The van der Waals surface area contributed by atoms with Gasteiger partial charge in [-0.25, -0.2) is 4.39 Å². The summed E-state index contributed by atoms with van der Waals surface area (Å²) in [5.41, 5.74) is 3.05. The van der Waals surface area contributed by atoms with Crippen molar-refractivity contribution in [3.63, 3.8) is 0 Å². The quantitative estimate of drug-likeness (QED) is 0.939. The largest absolute Gasteiger partial charge is 0.348 e. The number of carbonyl (C=O) groups excluding carboxylic acids is 1. The lowest BCUT2D eigenvalue weighted by Gasteiger charge is -2.09. The van der Waals surface area contributed by atoms with Crippen LogP contribution in [0.4, 0.5) is 4.39 Å². The molecule has 0 radical (unpaired) electrons. The molecule has 1 amide bonds. The summed E-state index contributed by atoms with van der Waals surface area (Å²) in [7, 11) is 0. The van der Waals surface area contributed by atoms with Crippen molar-refractivity contribution in [1.29, 1.82) is 0 Å². The maximum atomic E-state index is 13.6. The molecule has 1 heterocycles. The molecule has 0 bridgehead atoms. The fraction of sp³-hybridized carbons (Fsp3) is 0.250. The van der Waals surface area contributed by atoms with Gasteiger partial charge in [-0.3, -0.25) is 9.78 Å². The molecule has 21 heavy (non-hydrogen) atoms. The smallest absolute Gasteiger partial charge is 0.254 e. The minimum absolute atomic E-state index is 0.212. The number of amides is 1. The van der Waals surface area contributed by atoms with E-state index in [9.17, 15) is 9.18 Å². The van der Waals surface area contributed by atoms with E-state index < -0.39 is 0 Å². The maximum absolute atomic E-state index is 13.6.